The zero-order valence-corrected chi connectivity index (χ0v) is 6.74. The largest absolute Gasteiger partial charge is 0.364 e. The molecule has 6 heteroatoms. The van der Waals surface area contributed by atoms with E-state index in [1.54, 1.807) is 0 Å². The van der Waals surface area contributed by atoms with E-state index in [0.717, 1.165) is 13.3 Å². The summed E-state index contributed by atoms with van der Waals surface area (Å²) in [7, 11) is 0. The van der Waals surface area contributed by atoms with Gasteiger partial charge in [0.1, 0.15) is 12.0 Å². The van der Waals surface area contributed by atoms with Gasteiger partial charge in [-0.15, -0.1) is 0 Å². The molecular formula is C7H6FN3O2. The summed E-state index contributed by atoms with van der Waals surface area (Å²) in [6, 6.07) is 0. The summed E-state index contributed by atoms with van der Waals surface area (Å²) in [5, 5.41) is 0. The minimum absolute atomic E-state index is 0.427. The van der Waals surface area contributed by atoms with Gasteiger partial charge in [0, 0.05) is 6.92 Å². The Morgan fingerprint density at radius 1 is 1.38 bits per heavy atom. The fourth-order valence-electron chi connectivity index (χ4n) is 0.787. The Labute approximate surface area is 72.8 Å². The van der Waals surface area contributed by atoms with Crippen LogP contribution >= 0.6 is 0 Å². The maximum Gasteiger partial charge on any atom is 0.270 e. The molecule has 0 aromatic carbocycles. The van der Waals surface area contributed by atoms with E-state index >= 15 is 0 Å². The molecule has 1 aromatic heterocycles. The van der Waals surface area contributed by atoms with Gasteiger partial charge in [0.2, 0.25) is 0 Å². The molecule has 0 atom stereocenters. The number of carbonyl (C=O) groups excluding carboxylic acids is 2. The molecule has 2 N–H and O–H groups in total. The van der Waals surface area contributed by atoms with E-state index < -0.39 is 28.9 Å². The molecule has 0 bridgehead atoms. The van der Waals surface area contributed by atoms with E-state index in [2.05, 4.69) is 9.97 Å². The average molecular weight is 183 g/mol. The molecule has 0 radical (unpaired) electrons. The number of nitrogens with two attached hydrogens (primary N) is 1. The number of ketones is 1. The SMILES string of the molecule is CC(=O)c1ncnc(C(N)=O)c1F. The Hall–Kier alpha value is -1.85. The Balaban J connectivity index is 3.35. The second-order valence-corrected chi connectivity index (χ2v) is 2.31. The second kappa shape index (κ2) is 3.26. The van der Waals surface area contributed by atoms with Crippen molar-refractivity contribution in [2.45, 2.75) is 6.92 Å². The van der Waals surface area contributed by atoms with Gasteiger partial charge in [0.25, 0.3) is 5.91 Å². The summed E-state index contributed by atoms with van der Waals surface area (Å²) in [6.45, 7) is 1.14. The lowest BCUT2D eigenvalue weighted by Crippen LogP contribution is -2.18. The summed E-state index contributed by atoms with van der Waals surface area (Å²) in [5.41, 5.74) is 3.81. The van der Waals surface area contributed by atoms with Crippen LogP contribution in [0.3, 0.4) is 0 Å². The van der Waals surface area contributed by atoms with Crippen molar-refractivity contribution in [2.24, 2.45) is 5.73 Å². The van der Waals surface area contributed by atoms with Crippen LogP contribution in [-0.2, 0) is 0 Å². The summed E-state index contributed by atoms with van der Waals surface area (Å²) in [6.07, 6.45) is 0.917. The third-order valence-electron chi connectivity index (χ3n) is 1.36. The minimum Gasteiger partial charge on any atom is -0.364 e. The molecule has 13 heavy (non-hydrogen) atoms. The number of carbonyl (C=O) groups is 2. The minimum atomic E-state index is -1.07. The smallest absolute Gasteiger partial charge is 0.270 e. The molecule has 0 aliphatic rings. The van der Waals surface area contributed by atoms with Crippen molar-refractivity contribution in [3.63, 3.8) is 0 Å². The molecule has 0 aliphatic heterocycles. The number of rotatable bonds is 2. The normalized spacial score (nSPS) is 9.69. The molecule has 0 spiro atoms. The van der Waals surface area contributed by atoms with E-state index in [-0.39, 0.29) is 0 Å². The number of Topliss-reactive ketones (excluding diaryl/α,β-unsaturated/α-hetero) is 1. The molecule has 0 saturated heterocycles. The molecule has 1 aromatic rings. The lowest BCUT2D eigenvalue weighted by Gasteiger charge is -1.99. The standard InChI is InChI=1S/C7H6FN3O2/c1-3(12)5-4(8)6(7(9)13)11-2-10-5/h2H,1H3,(H2,9,13). The monoisotopic (exact) mass is 183 g/mol. The highest BCUT2D eigenvalue weighted by Gasteiger charge is 2.17. The molecule has 0 aliphatic carbocycles. The second-order valence-electron chi connectivity index (χ2n) is 2.31. The third-order valence-corrected chi connectivity index (χ3v) is 1.36. The summed E-state index contributed by atoms with van der Waals surface area (Å²) in [5.74, 6) is -2.67. The van der Waals surface area contributed by atoms with Gasteiger partial charge in [-0.05, 0) is 0 Å². The van der Waals surface area contributed by atoms with Crippen molar-refractivity contribution < 1.29 is 14.0 Å². The van der Waals surface area contributed by atoms with Crippen LogP contribution in [0.2, 0.25) is 0 Å². The quantitative estimate of drug-likeness (QED) is 0.649. The zero-order chi connectivity index (χ0) is 10.0. The van der Waals surface area contributed by atoms with Crippen LogP contribution < -0.4 is 5.73 Å². The molecule has 68 valence electrons. The maximum atomic E-state index is 13.1. The number of amides is 1. The molecule has 5 nitrogen and oxygen atoms in total. The third kappa shape index (κ3) is 1.66. The molecule has 1 heterocycles. The Bertz CT molecular complexity index is 346. The molecule has 1 amide bonds. The first-order valence-electron chi connectivity index (χ1n) is 3.35. The number of halogens is 1. The number of hydrogen-bond donors (Lipinski definition) is 1. The van der Waals surface area contributed by atoms with E-state index in [4.69, 9.17) is 5.73 Å². The van der Waals surface area contributed by atoms with Gasteiger partial charge in [-0.3, -0.25) is 9.59 Å². The van der Waals surface area contributed by atoms with Crippen LogP contribution in [0.15, 0.2) is 6.33 Å². The lowest BCUT2D eigenvalue weighted by atomic mass is 10.2. The van der Waals surface area contributed by atoms with Gasteiger partial charge in [-0.25, -0.2) is 14.4 Å². The highest BCUT2D eigenvalue weighted by atomic mass is 19.1. The van der Waals surface area contributed by atoms with Crippen LogP contribution in [0.5, 0.6) is 0 Å². The molecular weight excluding hydrogens is 177 g/mol. The fraction of sp³-hybridized carbons (Fsp3) is 0.143. The van der Waals surface area contributed by atoms with Crippen molar-refractivity contribution in [1.29, 1.82) is 0 Å². The van der Waals surface area contributed by atoms with Crippen LogP contribution in [0.1, 0.15) is 27.9 Å². The van der Waals surface area contributed by atoms with Crippen molar-refractivity contribution >= 4 is 11.7 Å². The van der Waals surface area contributed by atoms with Gasteiger partial charge in [0.15, 0.2) is 17.3 Å². The van der Waals surface area contributed by atoms with Crippen molar-refractivity contribution in [3.8, 4) is 0 Å². The van der Waals surface area contributed by atoms with Gasteiger partial charge in [0.05, 0.1) is 0 Å². The number of hydrogen-bond acceptors (Lipinski definition) is 4. The summed E-state index contributed by atoms with van der Waals surface area (Å²) in [4.78, 5) is 28.0. The van der Waals surface area contributed by atoms with Crippen LogP contribution in [0.25, 0.3) is 0 Å². The van der Waals surface area contributed by atoms with E-state index in [9.17, 15) is 14.0 Å². The highest BCUT2D eigenvalue weighted by molar-refractivity contribution is 5.96. The van der Waals surface area contributed by atoms with Crippen LogP contribution in [-0.4, -0.2) is 21.7 Å². The van der Waals surface area contributed by atoms with Crippen molar-refractivity contribution in [3.05, 3.63) is 23.5 Å². The van der Waals surface area contributed by atoms with Gasteiger partial charge >= 0.3 is 0 Å². The predicted molar refractivity (Wildman–Crippen MR) is 40.5 cm³/mol. The highest BCUT2D eigenvalue weighted by Crippen LogP contribution is 2.07. The molecule has 0 saturated carbocycles. The molecule has 0 unspecified atom stereocenters. The Morgan fingerprint density at radius 2 is 1.92 bits per heavy atom. The van der Waals surface area contributed by atoms with Crippen LogP contribution in [0, 0.1) is 5.82 Å². The average Bonchev–Trinajstić information content (AvgIpc) is 2.03. The van der Waals surface area contributed by atoms with Gasteiger partial charge in [-0.1, -0.05) is 0 Å². The van der Waals surface area contributed by atoms with E-state index in [1.165, 1.54) is 0 Å². The summed E-state index contributed by atoms with van der Waals surface area (Å²) < 4.78 is 13.1. The topological polar surface area (TPSA) is 85.9 Å². The van der Waals surface area contributed by atoms with Crippen molar-refractivity contribution in [1.82, 2.24) is 9.97 Å². The van der Waals surface area contributed by atoms with Gasteiger partial charge in [-0.2, -0.15) is 0 Å². The lowest BCUT2D eigenvalue weighted by molar-refractivity contribution is 0.0989. The number of aromatic nitrogens is 2. The van der Waals surface area contributed by atoms with E-state index in [1.807, 2.05) is 0 Å². The van der Waals surface area contributed by atoms with Crippen molar-refractivity contribution in [2.75, 3.05) is 0 Å². The number of nitrogens with zero attached hydrogens (tertiary/aromatic N) is 2. The predicted octanol–water partition coefficient (Wildman–Crippen LogP) is -0.0828. The first-order valence-corrected chi connectivity index (χ1v) is 3.35. The maximum absolute atomic E-state index is 13.1. The van der Waals surface area contributed by atoms with E-state index in [0.29, 0.717) is 0 Å². The Kier molecular flexibility index (Phi) is 2.32. The first kappa shape index (κ1) is 9.24. The Morgan fingerprint density at radius 3 is 2.38 bits per heavy atom. The first-order chi connectivity index (χ1) is 6.04. The van der Waals surface area contributed by atoms with Crippen LogP contribution in [0.4, 0.5) is 4.39 Å². The number of primary amides is 1. The van der Waals surface area contributed by atoms with Gasteiger partial charge < -0.3 is 5.73 Å². The molecule has 0 fully saturated rings. The molecule has 1 rings (SSSR count). The zero-order valence-electron chi connectivity index (χ0n) is 6.74. The summed E-state index contributed by atoms with van der Waals surface area (Å²) >= 11 is 0. The fourth-order valence-corrected chi connectivity index (χ4v) is 0.787.